The van der Waals surface area contributed by atoms with Gasteiger partial charge in [0.2, 0.25) is 11.8 Å². The van der Waals surface area contributed by atoms with Crippen molar-refractivity contribution in [3.63, 3.8) is 0 Å². The molecule has 0 unspecified atom stereocenters. The Morgan fingerprint density at radius 1 is 0.677 bits per heavy atom. The summed E-state index contributed by atoms with van der Waals surface area (Å²) in [6, 6.07) is 0. The van der Waals surface area contributed by atoms with E-state index in [1.165, 1.54) is 0 Å². The minimum atomic E-state index is -2.67. The number of hydrogen-bond acceptors (Lipinski definition) is 0. The first-order valence-corrected chi connectivity index (χ1v) is 11.6. The third-order valence-electron chi connectivity index (χ3n) is 6.05. The molecule has 0 radical (unpaired) electrons. The minimum absolute atomic E-state index is 0.0617. The second-order valence-corrected chi connectivity index (χ2v) is 11.9. The van der Waals surface area contributed by atoms with Gasteiger partial charge in [0.05, 0.1) is 0 Å². The molecule has 182 valence electrons. The van der Waals surface area contributed by atoms with Crippen molar-refractivity contribution in [2.75, 3.05) is 0 Å². The van der Waals surface area contributed by atoms with Crippen molar-refractivity contribution in [2.45, 2.75) is 117 Å². The van der Waals surface area contributed by atoms with E-state index in [0.29, 0.717) is 18.8 Å². The van der Waals surface area contributed by atoms with E-state index in [1.807, 2.05) is 26.8 Å². The average molecular weight is 451 g/mol. The molecule has 0 aromatic carbocycles. The van der Waals surface area contributed by atoms with Crippen LogP contribution in [0.5, 0.6) is 0 Å². The lowest BCUT2D eigenvalue weighted by Crippen LogP contribution is -2.34. The van der Waals surface area contributed by atoms with Crippen LogP contribution in [0.1, 0.15) is 99.8 Å². The number of rotatable bonds is 3. The van der Waals surface area contributed by atoms with Crippen molar-refractivity contribution in [1.29, 1.82) is 0 Å². The molecule has 0 aliphatic heterocycles. The normalized spacial score (nSPS) is 28.6. The summed E-state index contributed by atoms with van der Waals surface area (Å²) in [5.41, 5.74) is -1.28. The van der Waals surface area contributed by atoms with Crippen LogP contribution < -0.4 is 0 Å². The fourth-order valence-electron chi connectivity index (χ4n) is 3.85. The number of alkyl halides is 5. The fourth-order valence-corrected chi connectivity index (χ4v) is 3.85. The van der Waals surface area contributed by atoms with Gasteiger partial charge in [0.25, 0.3) is 0 Å². The molecular formula is C26H43F5. The van der Waals surface area contributed by atoms with Gasteiger partial charge in [0.15, 0.2) is 0 Å². The van der Waals surface area contributed by atoms with Crippen LogP contribution in [0.4, 0.5) is 22.0 Å². The number of halogens is 5. The maximum atomic E-state index is 14.3. The second kappa shape index (κ2) is 10.4. The minimum Gasteiger partial charge on any atom is -0.239 e. The molecule has 0 aromatic rings. The standard InChI is InChI=1S/C14H23F3.C12H20F2/c1-12(2,3)9-10-14(17)7-5-11(6-8-14)13(4,15)16;1-11(2,3)7-4-10-5-8-12(13,14)9-6-10/h9-11H,5-8H2,1-4H3;4,7,10H,5-6,8-9H2,1-3H3/b10-9+;7-4+. The SMILES string of the molecule is CC(C)(C)/C=C/C1(F)CCC(C(C)(F)F)CC1.CC(C)(C)/C=C/C1CCC(F)(F)CC1. The quantitative estimate of drug-likeness (QED) is 0.297. The Labute approximate surface area is 186 Å². The van der Waals surface area contributed by atoms with Crippen molar-refractivity contribution in [2.24, 2.45) is 22.7 Å². The summed E-state index contributed by atoms with van der Waals surface area (Å²) in [7, 11) is 0. The summed E-state index contributed by atoms with van der Waals surface area (Å²) in [6.45, 7) is 13.3. The van der Waals surface area contributed by atoms with Crippen LogP contribution in [0.15, 0.2) is 24.3 Å². The van der Waals surface area contributed by atoms with Crippen LogP contribution in [-0.2, 0) is 0 Å². The van der Waals surface area contributed by atoms with Gasteiger partial charge in [0.1, 0.15) is 5.67 Å². The van der Waals surface area contributed by atoms with E-state index < -0.39 is 23.4 Å². The lowest BCUT2D eigenvalue weighted by atomic mass is 9.76. The molecule has 0 spiro atoms. The largest absolute Gasteiger partial charge is 0.248 e. The van der Waals surface area contributed by atoms with Crippen LogP contribution in [0.2, 0.25) is 0 Å². The van der Waals surface area contributed by atoms with Gasteiger partial charge >= 0.3 is 0 Å². The lowest BCUT2D eigenvalue weighted by Gasteiger charge is -2.35. The van der Waals surface area contributed by atoms with Crippen molar-refractivity contribution in [3.05, 3.63) is 24.3 Å². The zero-order chi connectivity index (χ0) is 24.1. The molecule has 0 aromatic heterocycles. The van der Waals surface area contributed by atoms with Crippen molar-refractivity contribution < 1.29 is 22.0 Å². The van der Waals surface area contributed by atoms with Gasteiger partial charge in [-0.1, -0.05) is 65.8 Å². The molecule has 2 saturated carbocycles. The molecule has 0 saturated heterocycles. The van der Waals surface area contributed by atoms with Crippen LogP contribution >= 0.6 is 0 Å². The Bertz CT molecular complexity index is 581. The van der Waals surface area contributed by atoms with E-state index >= 15 is 0 Å². The molecule has 0 atom stereocenters. The molecule has 5 heteroatoms. The van der Waals surface area contributed by atoms with Crippen LogP contribution in [0.25, 0.3) is 0 Å². The smallest absolute Gasteiger partial charge is 0.239 e. The van der Waals surface area contributed by atoms with E-state index in [2.05, 4.69) is 32.9 Å². The highest BCUT2D eigenvalue weighted by Crippen LogP contribution is 2.43. The first kappa shape index (κ1) is 28.2. The Balaban J connectivity index is 0.000000316. The summed E-state index contributed by atoms with van der Waals surface area (Å²) in [6.07, 6.45) is 10.1. The highest BCUT2D eigenvalue weighted by Gasteiger charge is 2.42. The zero-order valence-electron chi connectivity index (χ0n) is 20.5. The molecular weight excluding hydrogens is 407 g/mol. The molecule has 0 amide bonds. The van der Waals surface area contributed by atoms with Crippen molar-refractivity contribution >= 4 is 0 Å². The maximum Gasteiger partial charge on any atom is 0.248 e. The van der Waals surface area contributed by atoms with E-state index in [9.17, 15) is 22.0 Å². The maximum absolute atomic E-state index is 14.3. The van der Waals surface area contributed by atoms with Crippen LogP contribution in [0, 0.1) is 22.7 Å². The van der Waals surface area contributed by atoms with E-state index in [1.54, 1.807) is 6.08 Å². The third kappa shape index (κ3) is 12.1. The van der Waals surface area contributed by atoms with Crippen molar-refractivity contribution in [1.82, 2.24) is 0 Å². The fraction of sp³-hybridized carbons (Fsp3) is 0.846. The van der Waals surface area contributed by atoms with Gasteiger partial charge in [-0.25, -0.2) is 22.0 Å². The van der Waals surface area contributed by atoms with E-state index in [-0.39, 0.29) is 49.4 Å². The lowest BCUT2D eigenvalue weighted by molar-refractivity contribution is -0.0659. The molecule has 0 heterocycles. The van der Waals surface area contributed by atoms with Crippen LogP contribution in [-0.4, -0.2) is 17.5 Å². The molecule has 2 fully saturated rings. The second-order valence-electron chi connectivity index (χ2n) is 11.9. The zero-order valence-corrected chi connectivity index (χ0v) is 20.5. The first-order valence-electron chi connectivity index (χ1n) is 11.6. The van der Waals surface area contributed by atoms with Gasteiger partial charge in [-0.05, 0) is 62.2 Å². The monoisotopic (exact) mass is 450 g/mol. The summed E-state index contributed by atoms with van der Waals surface area (Å²) < 4.78 is 66.2. The first-order chi connectivity index (χ1) is 13.8. The highest BCUT2D eigenvalue weighted by atomic mass is 19.3. The molecule has 0 N–H and O–H groups in total. The van der Waals surface area contributed by atoms with Gasteiger partial charge in [-0.3, -0.25) is 0 Å². The summed E-state index contributed by atoms with van der Waals surface area (Å²) in [5, 5.41) is 0. The Morgan fingerprint density at radius 2 is 1.13 bits per heavy atom. The molecule has 31 heavy (non-hydrogen) atoms. The topological polar surface area (TPSA) is 0 Å². The van der Waals surface area contributed by atoms with Gasteiger partial charge in [-0.2, -0.15) is 0 Å². The molecule has 0 nitrogen and oxygen atoms in total. The van der Waals surface area contributed by atoms with Gasteiger partial charge in [-0.15, -0.1) is 0 Å². The Morgan fingerprint density at radius 3 is 1.52 bits per heavy atom. The van der Waals surface area contributed by atoms with E-state index in [4.69, 9.17) is 0 Å². The predicted octanol–water partition coefficient (Wildman–Crippen LogP) is 9.56. The molecule has 2 rings (SSSR count). The van der Waals surface area contributed by atoms with Gasteiger partial charge in [0, 0.05) is 18.8 Å². The number of allylic oxidation sites excluding steroid dienone is 4. The summed E-state index contributed by atoms with van der Waals surface area (Å²) >= 11 is 0. The summed E-state index contributed by atoms with van der Waals surface area (Å²) in [5.74, 6) is -5.36. The molecule has 2 aliphatic carbocycles. The Hall–Kier alpha value is -0.870. The summed E-state index contributed by atoms with van der Waals surface area (Å²) in [4.78, 5) is 0. The molecule has 0 bridgehead atoms. The van der Waals surface area contributed by atoms with Crippen molar-refractivity contribution in [3.8, 4) is 0 Å². The third-order valence-corrected chi connectivity index (χ3v) is 6.05. The number of hydrogen-bond donors (Lipinski definition) is 0. The van der Waals surface area contributed by atoms with Gasteiger partial charge < -0.3 is 0 Å². The molecule has 2 aliphatic rings. The van der Waals surface area contributed by atoms with E-state index in [0.717, 1.165) is 6.92 Å². The van der Waals surface area contributed by atoms with Crippen LogP contribution in [0.3, 0.4) is 0 Å². The highest BCUT2D eigenvalue weighted by molar-refractivity contribution is 5.07. The average Bonchev–Trinajstić information content (AvgIpc) is 2.58. The predicted molar refractivity (Wildman–Crippen MR) is 121 cm³/mol. The Kier molecular flexibility index (Phi) is 9.43.